The molecule has 11 heteroatoms. The minimum absolute atomic E-state index is 0.177. The van der Waals surface area contributed by atoms with Crippen molar-refractivity contribution in [3.63, 3.8) is 0 Å². The number of benzene rings is 1. The third kappa shape index (κ3) is 2.86. The number of aromatic amines is 1. The van der Waals surface area contributed by atoms with Gasteiger partial charge in [0, 0.05) is 5.56 Å². The van der Waals surface area contributed by atoms with Gasteiger partial charge in [-0.25, -0.2) is 18.7 Å². The van der Waals surface area contributed by atoms with Crippen molar-refractivity contribution in [3.8, 4) is 0 Å². The lowest BCUT2D eigenvalue weighted by molar-refractivity contribution is -0.117. The maximum atomic E-state index is 14.8. The molecule has 0 spiro atoms. The SMILES string of the molecule is Cc1ccc(C(=O)C2=C(O)C(=O)N(c3ncc4[nH]cnc4n3)C2c2cccc(F)c2F)o1. The van der Waals surface area contributed by atoms with Gasteiger partial charge in [0.2, 0.25) is 11.7 Å². The summed E-state index contributed by atoms with van der Waals surface area (Å²) >= 11 is 0. The van der Waals surface area contributed by atoms with E-state index in [1.54, 1.807) is 6.92 Å². The van der Waals surface area contributed by atoms with Crippen molar-refractivity contribution < 1.29 is 27.9 Å². The molecule has 1 aliphatic rings. The fourth-order valence-electron chi connectivity index (χ4n) is 3.60. The molecule has 1 amide bonds. The number of H-pyrrole nitrogens is 1. The summed E-state index contributed by atoms with van der Waals surface area (Å²) in [4.78, 5) is 42.1. The van der Waals surface area contributed by atoms with Gasteiger partial charge in [-0.2, -0.15) is 4.98 Å². The first-order valence-electron chi connectivity index (χ1n) is 9.34. The molecular formula is C21H13F2N5O4. The summed E-state index contributed by atoms with van der Waals surface area (Å²) in [6.07, 6.45) is 2.70. The van der Waals surface area contributed by atoms with Crippen molar-refractivity contribution in [2.24, 2.45) is 0 Å². The van der Waals surface area contributed by atoms with Gasteiger partial charge >= 0.3 is 0 Å². The molecule has 0 aliphatic carbocycles. The van der Waals surface area contributed by atoms with Crippen molar-refractivity contribution in [2.75, 3.05) is 4.90 Å². The van der Waals surface area contributed by atoms with Crippen molar-refractivity contribution in [3.05, 3.63) is 82.9 Å². The second-order valence-electron chi connectivity index (χ2n) is 7.03. The molecule has 1 unspecified atom stereocenters. The monoisotopic (exact) mass is 437 g/mol. The zero-order valence-electron chi connectivity index (χ0n) is 16.3. The number of aliphatic hydroxyl groups excluding tert-OH is 1. The summed E-state index contributed by atoms with van der Waals surface area (Å²) in [5, 5.41) is 10.6. The fourth-order valence-corrected chi connectivity index (χ4v) is 3.60. The van der Waals surface area contributed by atoms with E-state index >= 15 is 0 Å². The predicted molar refractivity (Wildman–Crippen MR) is 106 cm³/mol. The maximum absolute atomic E-state index is 14.8. The van der Waals surface area contributed by atoms with Gasteiger partial charge in [0.15, 0.2) is 28.8 Å². The van der Waals surface area contributed by atoms with Crippen LogP contribution in [-0.2, 0) is 4.79 Å². The number of furan rings is 1. The predicted octanol–water partition coefficient (Wildman–Crippen LogP) is 3.32. The van der Waals surface area contributed by atoms with Gasteiger partial charge in [-0.1, -0.05) is 12.1 Å². The number of fused-ring (bicyclic) bond motifs is 1. The number of amides is 1. The minimum Gasteiger partial charge on any atom is -0.503 e. The summed E-state index contributed by atoms with van der Waals surface area (Å²) < 4.78 is 34.2. The molecule has 9 nitrogen and oxygen atoms in total. The van der Waals surface area contributed by atoms with Gasteiger partial charge in [-0.3, -0.25) is 14.5 Å². The van der Waals surface area contributed by atoms with E-state index in [0.29, 0.717) is 11.3 Å². The first-order chi connectivity index (χ1) is 15.4. The molecule has 32 heavy (non-hydrogen) atoms. The minimum atomic E-state index is -1.55. The Labute approximate surface area is 178 Å². The topological polar surface area (TPSA) is 125 Å². The Morgan fingerprint density at radius 2 is 2.03 bits per heavy atom. The van der Waals surface area contributed by atoms with E-state index < -0.39 is 40.7 Å². The lowest BCUT2D eigenvalue weighted by Crippen LogP contribution is -2.33. The largest absolute Gasteiger partial charge is 0.503 e. The third-order valence-electron chi connectivity index (χ3n) is 5.07. The van der Waals surface area contributed by atoms with Gasteiger partial charge in [-0.05, 0) is 25.1 Å². The van der Waals surface area contributed by atoms with Crippen LogP contribution in [0.2, 0.25) is 0 Å². The Balaban J connectivity index is 1.72. The van der Waals surface area contributed by atoms with Gasteiger partial charge < -0.3 is 14.5 Å². The number of aliphatic hydroxyl groups is 1. The Hall–Kier alpha value is -4.41. The molecular weight excluding hydrogens is 424 g/mol. The van der Waals surface area contributed by atoms with Crippen LogP contribution in [0.3, 0.4) is 0 Å². The molecule has 1 atom stereocenters. The van der Waals surface area contributed by atoms with Crippen molar-refractivity contribution in [2.45, 2.75) is 13.0 Å². The lowest BCUT2D eigenvalue weighted by Gasteiger charge is -2.25. The number of aryl methyl sites for hydroxylation is 1. The van der Waals surface area contributed by atoms with Gasteiger partial charge in [-0.15, -0.1) is 0 Å². The highest BCUT2D eigenvalue weighted by atomic mass is 19.2. The first-order valence-corrected chi connectivity index (χ1v) is 9.34. The molecule has 0 fully saturated rings. The third-order valence-corrected chi connectivity index (χ3v) is 5.07. The molecule has 0 bridgehead atoms. The van der Waals surface area contributed by atoms with E-state index in [9.17, 15) is 23.5 Å². The molecule has 0 saturated carbocycles. The summed E-state index contributed by atoms with van der Waals surface area (Å²) in [7, 11) is 0. The standard InChI is InChI=1S/C21H13F2N5O4/c1-9-5-6-13(32-9)17(29)14-16(10-3-2-4-11(22)15(10)23)28(20(31)18(14)30)21-24-7-12-19(27-21)26-8-25-12/h2-8,16,30H,1H3,(H,24,25,26,27). The maximum Gasteiger partial charge on any atom is 0.296 e. The highest BCUT2D eigenvalue weighted by Crippen LogP contribution is 2.42. The number of Topliss-reactive ketones (excluding diaryl/α,β-unsaturated/α-hetero) is 1. The summed E-state index contributed by atoms with van der Waals surface area (Å²) in [5.74, 6) is -5.35. The summed E-state index contributed by atoms with van der Waals surface area (Å²) in [6.45, 7) is 1.60. The van der Waals surface area contributed by atoms with Crippen LogP contribution in [0.1, 0.15) is 27.9 Å². The molecule has 0 saturated heterocycles. The molecule has 0 radical (unpaired) electrons. The van der Waals surface area contributed by atoms with Crippen LogP contribution in [0.4, 0.5) is 14.7 Å². The van der Waals surface area contributed by atoms with E-state index in [4.69, 9.17) is 4.42 Å². The average Bonchev–Trinajstić information content (AvgIpc) is 3.48. The Morgan fingerprint density at radius 1 is 1.22 bits per heavy atom. The van der Waals surface area contributed by atoms with Crippen LogP contribution < -0.4 is 4.90 Å². The van der Waals surface area contributed by atoms with Crippen LogP contribution >= 0.6 is 0 Å². The van der Waals surface area contributed by atoms with Crippen molar-refractivity contribution in [1.82, 2.24) is 19.9 Å². The van der Waals surface area contributed by atoms with Crippen LogP contribution in [0.25, 0.3) is 11.2 Å². The zero-order valence-corrected chi connectivity index (χ0v) is 16.3. The van der Waals surface area contributed by atoms with Gasteiger partial charge in [0.1, 0.15) is 17.3 Å². The smallest absolute Gasteiger partial charge is 0.296 e. The number of halogens is 2. The highest BCUT2D eigenvalue weighted by molar-refractivity contribution is 6.19. The first kappa shape index (κ1) is 19.5. The van der Waals surface area contributed by atoms with Crippen LogP contribution in [0, 0.1) is 18.6 Å². The number of aromatic nitrogens is 4. The normalized spacial score (nSPS) is 16.4. The average molecular weight is 437 g/mol. The second-order valence-corrected chi connectivity index (χ2v) is 7.03. The molecule has 5 rings (SSSR count). The number of hydrogen-bond acceptors (Lipinski definition) is 7. The number of rotatable bonds is 4. The molecule has 4 heterocycles. The number of hydrogen-bond donors (Lipinski definition) is 2. The van der Waals surface area contributed by atoms with Crippen LogP contribution in [0.15, 0.2) is 58.6 Å². The molecule has 1 aliphatic heterocycles. The number of ketones is 1. The number of imidazole rings is 1. The number of nitrogens with one attached hydrogen (secondary N) is 1. The Bertz CT molecular complexity index is 1440. The molecule has 160 valence electrons. The van der Waals surface area contributed by atoms with E-state index in [0.717, 1.165) is 11.0 Å². The molecule has 2 N–H and O–H groups in total. The van der Waals surface area contributed by atoms with E-state index in [-0.39, 0.29) is 22.9 Å². The van der Waals surface area contributed by atoms with E-state index in [1.807, 2.05) is 0 Å². The number of anilines is 1. The molecule has 1 aromatic carbocycles. The van der Waals surface area contributed by atoms with E-state index in [2.05, 4.69) is 19.9 Å². The Morgan fingerprint density at radius 3 is 2.78 bits per heavy atom. The number of carbonyl (C=O) groups is 2. The lowest BCUT2D eigenvalue weighted by atomic mass is 9.94. The number of carbonyl (C=O) groups excluding carboxylic acids is 2. The second kappa shape index (κ2) is 7.08. The summed E-state index contributed by atoms with van der Waals surface area (Å²) in [5.41, 5.74) is -0.185. The molecule has 4 aromatic rings. The van der Waals surface area contributed by atoms with Crippen molar-refractivity contribution >= 4 is 28.8 Å². The number of nitrogens with zero attached hydrogens (tertiary/aromatic N) is 4. The fraction of sp³-hybridized carbons (Fsp3) is 0.0952. The quantitative estimate of drug-likeness (QED) is 0.469. The molecule has 3 aromatic heterocycles. The Kier molecular flexibility index (Phi) is 4.33. The van der Waals surface area contributed by atoms with E-state index in [1.165, 1.54) is 36.8 Å². The zero-order chi connectivity index (χ0) is 22.6. The summed E-state index contributed by atoms with van der Waals surface area (Å²) in [6, 6.07) is 4.65. The van der Waals surface area contributed by atoms with Crippen LogP contribution in [-0.4, -0.2) is 36.7 Å². The van der Waals surface area contributed by atoms with Gasteiger partial charge in [0.05, 0.1) is 18.1 Å². The highest BCUT2D eigenvalue weighted by Gasteiger charge is 2.47. The van der Waals surface area contributed by atoms with Crippen molar-refractivity contribution in [1.29, 1.82) is 0 Å². The van der Waals surface area contributed by atoms with Gasteiger partial charge in [0.25, 0.3) is 5.91 Å². The van der Waals surface area contributed by atoms with Crippen LogP contribution in [0.5, 0.6) is 0 Å².